The first kappa shape index (κ1) is 12.4. The van der Waals surface area contributed by atoms with E-state index in [4.69, 9.17) is 10.5 Å². The topological polar surface area (TPSA) is 55.6 Å². The van der Waals surface area contributed by atoms with E-state index < -0.39 is 0 Å². The van der Waals surface area contributed by atoms with Gasteiger partial charge in [-0.15, -0.1) is 0 Å². The molecule has 102 valence electrons. The third-order valence-corrected chi connectivity index (χ3v) is 5.05. The van der Waals surface area contributed by atoms with Gasteiger partial charge >= 0.3 is 0 Å². The van der Waals surface area contributed by atoms with Gasteiger partial charge in [-0.1, -0.05) is 13.8 Å². The van der Waals surface area contributed by atoms with Crippen LogP contribution in [-0.4, -0.2) is 42.1 Å². The molecule has 0 aromatic carbocycles. The first-order valence-electron chi connectivity index (χ1n) is 7.17. The maximum absolute atomic E-state index is 12.6. The van der Waals surface area contributed by atoms with Crippen molar-refractivity contribution in [2.24, 2.45) is 17.1 Å². The average molecular weight is 252 g/mol. The average Bonchev–Trinajstić information content (AvgIpc) is 2.93. The van der Waals surface area contributed by atoms with Crippen molar-refractivity contribution < 1.29 is 9.53 Å². The standard InChI is InChI=1S/C14H24N2O2/c1-14(2)8-16(6-5-12(14)15)13(17)10-7-9-3-4-11(10)18-9/h9-12H,3-8,15H2,1-2H3. The van der Waals surface area contributed by atoms with Gasteiger partial charge < -0.3 is 15.4 Å². The molecule has 3 aliphatic heterocycles. The summed E-state index contributed by atoms with van der Waals surface area (Å²) in [6, 6.07) is 0.206. The second-order valence-electron chi connectivity index (χ2n) is 6.86. The number of likely N-dealkylation sites (tertiary alicyclic amines) is 1. The highest BCUT2D eigenvalue weighted by Crippen LogP contribution is 2.40. The number of ether oxygens (including phenoxy) is 1. The van der Waals surface area contributed by atoms with Crippen LogP contribution in [0.15, 0.2) is 0 Å². The summed E-state index contributed by atoms with van der Waals surface area (Å²) in [6.45, 7) is 5.93. The Morgan fingerprint density at radius 1 is 1.33 bits per heavy atom. The third kappa shape index (κ3) is 1.95. The second kappa shape index (κ2) is 4.20. The van der Waals surface area contributed by atoms with E-state index in [1.54, 1.807) is 0 Å². The Morgan fingerprint density at radius 3 is 2.67 bits per heavy atom. The summed E-state index contributed by atoms with van der Waals surface area (Å²) < 4.78 is 5.80. The second-order valence-corrected chi connectivity index (χ2v) is 6.86. The highest BCUT2D eigenvalue weighted by Gasteiger charge is 2.47. The van der Waals surface area contributed by atoms with Crippen molar-refractivity contribution in [3.8, 4) is 0 Å². The molecule has 0 saturated carbocycles. The number of amides is 1. The monoisotopic (exact) mass is 252 g/mol. The Bertz CT molecular complexity index is 356. The van der Waals surface area contributed by atoms with E-state index in [1.807, 2.05) is 4.90 Å². The zero-order valence-corrected chi connectivity index (χ0v) is 11.4. The fourth-order valence-electron chi connectivity index (χ4n) is 3.69. The largest absolute Gasteiger partial charge is 0.374 e. The Hall–Kier alpha value is -0.610. The summed E-state index contributed by atoms with van der Waals surface area (Å²) in [5.74, 6) is 0.427. The minimum absolute atomic E-state index is 0.0341. The van der Waals surface area contributed by atoms with Crippen LogP contribution in [0.1, 0.15) is 39.5 Å². The molecule has 4 heteroatoms. The quantitative estimate of drug-likeness (QED) is 0.761. The van der Waals surface area contributed by atoms with Crippen LogP contribution < -0.4 is 5.73 Å². The van der Waals surface area contributed by atoms with E-state index in [-0.39, 0.29) is 23.5 Å². The van der Waals surface area contributed by atoms with Gasteiger partial charge in [-0.2, -0.15) is 0 Å². The molecule has 0 spiro atoms. The van der Waals surface area contributed by atoms with Gasteiger partial charge in [0.05, 0.1) is 18.1 Å². The lowest BCUT2D eigenvalue weighted by molar-refractivity contribution is -0.140. The molecular weight excluding hydrogens is 228 g/mol. The zero-order chi connectivity index (χ0) is 12.9. The lowest BCUT2D eigenvalue weighted by Crippen LogP contribution is -2.55. The van der Waals surface area contributed by atoms with Gasteiger partial charge in [-0.25, -0.2) is 0 Å². The normalized spacial score (nSPS) is 42.3. The van der Waals surface area contributed by atoms with Gasteiger partial charge in [-0.05, 0) is 31.1 Å². The molecule has 3 heterocycles. The molecule has 0 radical (unpaired) electrons. The number of fused-ring (bicyclic) bond motifs is 2. The predicted octanol–water partition coefficient (Wildman–Crippen LogP) is 1.14. The van der Waals surface area contributed by atoms with E-state index in [9.17, 15) is 4.79 Å². The molecule has 4 atom stereocenters. The Balaban J connectivity index is 1.67. The van der Waals surface area contributed by atoms with Crippen molar-refractivity contribution >= 4 is 5.91 Å². The summed E-state index contributed by atoms with van der Waals surface area (Å²) in [7, 11) is 0. The minimum atomic E-state index is 0.0341. The van der Waals surface area contributed by atoms with E-state index in [2.05, 4.69) is 13.8 Å². The molecule has 3 saturated heterocycles. The van der Waals surface area contributed by atoms with Gasteiger partial charge in [0.15, 0.2) is 0 Å². The number of hydrogen-bond acceptors (Lipinski definition) is 3. The van der Waals surface area contributed by atoms with Crippen LogP contribution in [-0.2, 0) is 9.53 Å². The fraction of sp³-hybridized carbons (Fsp3) is 0.929. The highest BCUT2D eigenvalue weighted by atomic mass is 16.5. The molecule has 1 amide bonds. The summed E-state index contributed by atoms with van der Waals surface area (Å²) in [6.07, 6.45) is 4.61. The molecule has 4 unspecified atom stereocenters. The molecule has 3 rings (SSSR count). The Labute approximate surface area is 109 Å². The molecule has 0 aromatic heterocycles. The number of rotatable bonds is 1. The molecule has 4 nitrogen and oxygen atoms in total. The smallest absolute Gasteiger partial charge is 0.228 e. The Kier molecular flexibility index (Phi) is 2.90. The first-order valence-corrected chi connectivity index (χ1v) is 7.17. The summed E-state index contributed by atoms with van der Waals surface area (Å²) in [4.78, 5) is 14.6. The predicted molar refractivity (Wildman–Crippen MR) is 69.0 cm³/mol. The van der Waals surface area contributed by atoms with Crippen molar-refractivity contribution in [3.05, 3.63) is 0 Å². The number of nitrogens with two attached hydrogens (primary N) is 1. The van der Waals surface area contributed by atoms with Crippen LogP contribution in [0.3, 0.4) is 0 Å². The van der Waals surface area contributed by atoms with Gasteiger partial charge in [0, 0.05) is 19.1 Å². The van der Waals surface area contributed by atoms with Crippen LogP contribution in [0.5, 0.6) is 0 Å². The molecule has 18 heavy (non-hydrogen) atoms. The molecule has 0 aliphatic carbocycles. The van der Waals surface area contributed by atoms with Crippen LogP contribution >= 0.6 is 0 Å². The minimum Gasteiger partial charge on any atom is -0.374 e. The van der Waals surface area contributed by atoms with Crippen molar-refractivity contribution in [1.82, 2.24) is 4.90 Å². The summed E-state index contributed by atoms with van der Waals surface area (Å²) in [5.41, 5.74) is 6.16. The SMILES string of the molecule is CC1(C)CN(C(=O)C2CC3CCC2O3)CCC1N. The number of nitrogens with zero attached hydrogens (tertiary/aromatic N) is 1. The molecule has 2 N–H and O–H groups in total. The molecule has 3 aliphatic rings. The van der Waals surface area contributed by atoms with Crippen molar-refractivity contribution in [1.29, 1.82) is 0 Å². The van der Waals surface area contributed by atoms with Crippen LogP contribution in [0.2, 0.25) is 0 Å². The van der Waals surface area contributed by atoms with E-state index in [0.717, 1.165) is 38.8 Å². The summed E-state index contributed by atoms with van der Waals surface area (Å²) in [5, 5.41) is 0. The number of piperidine rings is 1. The number of carbonyl (C=O) groups is 1. The number of hydrogen-bond donors (Lipinski definition) is 1. The number of carbonyl (C=O) groups excluding carboxylic acids is 1. The lowest BCUT2D eigenvalue weighted by atomic mass is 9.78. The Morgan fingerprint density at radius 2 is 2.11 bits per heavy atom. The summed E-state index contributed by atoms with van der Waals surface area (Å²) >= 11 is 0. The highest BCUT2D eigenvalue weighted by molar-refractivity contribution is 5.80. The van der Waals surface area contributed by atoms with E-state index in [0.29, 0.717) is 12.0 Å². The molecule has 3 fully saturated rings. The van der Waals surface area contributed by atoms with Gasteiger partial charge in [0.1, 0.15) is 0 Å². The zero-order valence-electron chi connectivity index (χ0n) is 11.4. The van der Waals surface area contributed by atoms with Gasteiger partial charge in [0.2, 0.25) is 5.91 Å². The van der Waals surface area contributed by atoms with Gasteiger partial charge in [0.25, 0.3) is 0 Å². The van der Waals surface area contributed by atoms with Crippen LogP contribution in [0.4, 0.5) is 0 Å². The molecule has 2 bridgehead atoms. The molecule has 0 aromatic rings. The van der Waals surface area contributed by atoms with Crippen molar-refractivity contribution in [2.45, 2.75) is 57.8 Å². The third-order valence-electron chi connectivity index (χ3n) is 5.05. The maximum Gasteiger partial charge on any atom is 0.228 e. The van der Waals surface area contributed by atoms with Crippen LogP contribution in [0.25, 0.3) is 0 Å². The van der Waals surface area contributed by atoms with Crippen LogP contribution in [0, 0.1) is 11.3 Å². The molecular formula is C14H24N2O2. The fourth-order valence-corrected chi connectivity index (χ4v) is 3.69. The van der Waals surface area contributed by atoms with E-state index >= 15 is 0 Å². The van der Waals surface area contributed by atoms with Crippen molar-refractivity contribution in [2.75, 3.05) is 13.1 Å². The van der Waals surface area contributed by atoms with E-state index in [1.165, 1.54) is 0 Å². The lowest BCUT2D eigenvalue weighted by Gasteiger charge is -2.43. The van der Waals surface area contributed by atoms with Crippen molar-refractivity contribution in [3.63, 3.8) is 0 Å². The van der Waals surface area contributed by atoms with Gasteiger partial charge in [-0.3, -0.25) is 4.79 Å². The first-order chi connectivity index (χ1) is 8.47. The maximum atomic E-state index is 12.6.